The fourth-order valence-corrected chi connectivity index (χ4v) is 1.77. The van der Waals surface area contributed by atoms with Crippen molar-refractivity contribution in [2.45, 2.75) is 18.5 Å². The third-order valence-corrected chi connectivity index (χ3v) is 2.34. The zero-order valence-electron chi connectivity index (χ0n) is 7.99. The Kier molecular flexibility index (Phi) is 3.45. The number of likely N-dealkylation sites (N-methyl/N-ethyl adjacent to an activating group) is 1. The van der Waals surface area contributed by atoms with Crippen molar-refractivity contribution in [1.82, 2.24) is 10.2 Å². The number of nitrogens with zero attached hydrogens (tertiary/aromatic N) is 1. The minimum Gasteiger partial charge on any atom is -0.333 e. The number of carbonyl (C=O) groups is 1. The number of hydrogen-bond donors (Lipinski definition) is 2. The first-order chi connectivity index (χ1) is 6.19. The minimum atomic E-state index is -0.0202. The van der Waals surface area contributed by atoms with E-state index in [0.29, 0.717) is 6.54 Å². The molecule has 2 atom stereocenters. The van der Waals surface area contributed by atoms with Crippen LogP contribution in [0.3, 0.4) is 0 Å². The number of hydrogen-bond acceptors (Lipinski definition) is 3. The van der Waals surface area contributed by atoms with Crippen LogP contribution in [0.15, 0.2) is 12.7 Å². The van der Waals surface area contributed by atoms with E-state index < -0.39 is 0 Å². The average Bonchev–Trinajstić information content (AvgIpc) is 2.46. The van der Waals surface area contributed by atoms with Gasteiger partial charge in [-0.15, -0.1) is 0 Å². The second kappa shape index (κ2) is 4.39. The molecule has 3 N–H and O–H groups in total. The highest BCUT2D eigenvalue weighted by atomic mass is 16.2. The maximum Gasteiger partial charge on any atom is 0.246 e. The van der Waals surface area contributed by atoms with E-state index in [1.165, 1.54) is 6.08 Å². The van der Waals surface area contributed by atoms with E-state index >= 15 is 0 Å². The molecule has 74 valence electrons. The Balaban J connectivity index is 2.59. The molecule has 1 saturated heterocycles. The summed E-state index contributed by atoms with van der Waals surface area (Å²) in [5.74, 6) is -0.0202. The van der Waals surface area contributed by atoms with E-state index in [0.717, 1.165) is 13.0 Å². The van der Waals surface area contributed by atoms with Gasteiger partial charge in [0.15, 0.2) is 0 Å². The first kappa shape index (κ1) is 10.2. The van der Waals surface area contributed by atoms with E-state index in [9.17, 15) is 4.79 Å². The molecule has 4 nitrogen and oxygen atoms in total. The quantitative estimate of drug-likeness (QED) is 0.570. The fourth-order valence-electron chi connectivity index (χ4n) is 1.77. The average molecular weight is 183 g/mol. The largest absolute Gasteiger partial charge is 0.333 e. The van der Waals surface area contributed by atoms with Gasteiger partial charge >= 0.3 is 0 Å². The van der Waals surface area contributed by atoms with Crippen molar-refractivity contribution >= 4 is 5.91 Å². The number of rotatable bonds is 3. The maximum absolute atomic E-state index is 11.4. The third kappa shape index (κ3) is 2.29. The van der Waals surface area contributed by atoms with Crippen LogP contribution in [0.25, 0.3) is 0 Å². The summed E-state index contributed by atoms with van der Waals surface area (Å²) in [5.41, 5.74) is 5.78. The lowest BCUT2D eigenvalue weighted by Gasteiger charge is -2.22. The van der Waals surface area contributed by atoms with Crippen molar-refractivity contribution in [1.29, 1.82) is 0 Å². The van der Waals surface area contributed by atoms with E-state index in [1.54, 1.807) is 4.90 Å². The zero-order chi connectivity index (χ0) is 9.84. The van der Waals surface area contributed by atoms with Crippen molar-refractivity contribution in [3.8, 4) is 0 Å². The van der Waals surface area contributed by atoms with Gasteiger partial charge in [0.2, 0.25) is 5.91 Å². The molecule has 0 aromatic heterocycles. The number of nitrogens with one attached hydrogen (secondary N) is 1. The second-order valence-corrected chi connectivity index (χ2v) is 3.40. The van der Waals surface area contributed by atoms with Gasteiger partial charge in [-0.3, -0.25) is 4.79 Å². The van der Waals surface area contributed by atoms with Crippen LogP contribution in [0.2, 0.25) is 0 Å². The van der Waals surface area contributed by atoms with Crippen molar-refractivity contribution in [2.75, 3.05) is 20.1 Å². The van der Waals surface area contributed by atoms with Crippen LogP contribution in [0.1, 0.15) is 6.42 Å². The first-order valence-corrected chi connectivity index (χ1v) is 4.52. The Morgan fingerprint density at radius 1 is 1.85 bits per heavy atom. The Hall–Kier alpha value is -0.870. The number of likely N-dealkylation sites (tertiary alicyclic amines) is 1. The van der Waals surface area contributed by atoms with Crippen LogP contribution >= 0.6 is 0 Å². The second-order valence-electron chi connectivity index (χ2n) is 3.40. The zero-order valence-corrected chi connectivity index (χ0v) is 7.99. The lowest BCUT2D eigenvalue weighted by Crippen LogP contribution is -2.40. The maximum atomic E-state index is 11.4. The lowest BCUT2D eigenvalue weighted by molar-refractivity contribution is -0.126. The van der Waals surface area contributed by atoms with Gasteiger partial charge in [0, 0.05) is 25.2 Å². The highest BCUT2D eigenvalue weighted by Crippen LogP contribution is 2.15. The summed E-state index contributed by atoms with van der Waals surface area (Å²) in [6.45, 7) is 4.92. The third-order valence-electron chi connectivity index (χ3n) is 2.34. The summed E-state index contributed by atoms with van der Waals surface area (Å²) in [7, 11) is 1.88. The molecule has 1 heterocycles. The predicted octanol–water partition coefficient (Wildman–Crippen LogP) is -0.680. The lowest BCUT2D eigenvalue weighted by atomic mass is 10.2. The summed E-state index contributed by atoms with van der Waals surface area (Å²) >= 11 is 0. The first-order valence-electron chi connectivity index (χ1n) is 4.52. The fraction of sp³-hybridized carbons (Fsp3) is 0.667. The van der Waals surface area contributed by atoms with Gasteiger partial charge in [-0.05, 0) is 19.5 Å². The van der Waals surface area contributed by atoms with Crippen LogP contribution in [0, 0.1) is 0 Å². The van der Waals surface area contributed by atoms with E-state index in [2.05, 4.69) is 11.9 Å². The molecule has 1 fully saturated rings. The monoisotopic (exact) mass is 183 g/mol. The number of carbonyl (C=O) groups excluding carboxylic acids is 1. The van der Waals surface area contributed by atoms with Gasteiger partial charge in [-0.25, -0.2) is 0 Å². The predicted molar refractivity (Wildman–Crippen MR) is 52.2 cm³/mol. The molecule has 0 aromatic carbocycles. The van der Waals surface area contributed by atoms with Gasteiger partial charge in [-0.1, -0.05) is 6.58 Å². The molecular weight excluding hydrogens is 166 g/mol. The molecule has 0 aliphatic carbocycles. The summed E-state index contributed by atoms with van der Waals surface area (Å²) in [5, 5.41) is 3.06. The smallest absolute Gasteiger partial charge is 0.246 e. The normalized spacial score (nSPS) is 27.7. The SMILES string of the molecule is C=CC(=O)N1C[C@@H](N)C[C@@H]1CNC. The van der Waals surface area contributed by atoms with E-state index in [-0.39, 0.29) is 18.0 Å². The van der Waals surface area contributed by atoms with Gasteiger partial charge in [0.25, 0.3) is 0 Å². The van der Waals surface area contributed by atoms with Crippen LogP contribution in [0.5, 0.6) is 0 Å². The molecule has 0 unspecified atom stereocenters. The molecule has 0 saturated carbocycles. The van der Waals surface area contributed by atoms with Gasteiger partial charge in [0.05, 0.1) is 0 Å². The Morgan fingerprint density at radius 3 is 3.08 bits per heavy atom. The molecule has 0 aromatic rings. The van der Waals surface area contributed by atoms with Crippen LogP contribution in [-0.2, 0) is 4.79 Å². The van der Waals surface area contributed by atoms with Crippen LogP contribution in [0.4, 0.5) is 0 Å². The standard InChI is InChI=1S/C9H17N3O/c1-3-9(13)12-6-7(10)4-8(12)5-11-2/h3,7-8,11H,1,4-6,10H2,2H3/t7-,8+/m0/s1. The summed E-state index contributed by atoms with van der Waals surface area (Å²) in [6.07, 6.45) is 2.22. The van der Waals surface area contributed by atoms with E-state index in [4.69, 9.17) is 5.73 Å². The minimum absolute atomic E-state index is 0.0202. The molecule has 1 rings (SSSR count). The summed E-state index contributed by atoms with van der Waals surface area (Å²) in [6, 6.07) is 0.341. The molecule has 0 spiro atoms. The molecule has 1 amide bonds. The number of nitrogens with two attached hydrogens (primary N) is 1. The highest BCUT2D eigenvalue weighted by Gasteiger charge is 2.31. The molecule has 1 aliphatic rings. The van der Waals surface area contributed by atoms with Crippen molar-refractivity contribution in [3.63, 3.8) is 0 Å². The molecule has 1 aliphatic heterocycles. The molecule has 0 radical (unpaired) electrons. The highest BCUT2D eigenvalue weighted by molar-refractivity contribution is 5.87. The summed E-state index contributed by atoms with van der Waals surface area (Å²) in [4.78, 5) is 13.2. The molecule has 0 bridgehead atoms. The number of amides is 1. The molecule has 4 heteroatoms. The Labute approximate surface area is 78.8 Å². The van der Waals surface area contributed by atoms with Gasteiger partial charge < -0.3 is 16.0 Å². The van der Waals surface area contributed by atoms with E-state index in [1.807, 2.05) is 7.05 Å². The molecule has 13 heavy (non-hydrogen) atoms. The Bertz CT molecular complexity index is 205. The molecular formula is C9H17N3O. The Morgan fingerprint density at radius 2 is 2.54 bits per heavy atom. The summed E-state index contributed by atoms with van der Waals surface area (Å²) < 4.78 is 0. The van der Waals surface area contributed by atoms with Gasteiger partial charge in [-0.2, -0.15) is 0 Å². The van der Waals surface area contributed by atoms with Gasteiger partial charge in [0.1, 0.15) is 0 Å². The van der Waals surface area contributed by atoms with Crippen LogP contribution in [-0.4, -0.2) is 43.0 Å². The van der Waals surface area contributed by atoms with Crippen molar-refractivity contribution in [2.24, 2.45) is 5.73 Å². The van der Waals surface area contributed by atoms with Crippen molar-refractivity contribution < 1.29 is 4.79 Å². The van der Waals surface area contributed by atoms with Crippen molar-refractivity contribution in [3.05, 3.63) is 12.7 Å². The van der Waals surface area contributed by atoms with Crippen LogP contribution < -0.4 is 11.1 Å². The topological polar surface area (TPSA) is 58.4 Å².